The van der Waals surface area contributed by atoms with Gasteiger partial charge >= 0.3 is 6.18 Å². The number of rotatable bonds is 8. The molecule has 0 unspecified atom stereocenters. The lowest BCUT2D eigenvalue weighted by molar-refractivity contribution is -0.132. The maximum absolute atomic E-state index is 12.8. The smallest absolute Gasteiger partial charge is 0.390 e. The molecule has 1 fully saturated rings. The number of carbonyl (C=O) groups is 1. The van der Waals surface area contributed by atoms with Gasteiger partial charge in [-0.3, -0.25) is 4.79 Å². The number of hydrogen-bond acceptors (Lipinski definition) is 2. The van der Waals surface area contributed by atoms with Crippen LogP contribution in [-0.2, 0) is 13.0 Å². The van der Waals surface area contributed by atoms with Crippen LogP contribution in [0.15, 0.2) is 24.3 Å². The zero-order valence-electron chi connectivity index (χ0n) is 19.1. The van der Waals surface area contributed by atoms with Crippen molar-refractivity contribution in [1.82, 2.24) is 9.88 Å². The Bertz CT molecular complexity index is 928. The van der Waals surface area contributed by atoms with E-state index in [1.807, 2.05) is 31.2 Å². The number of aryl methyl sites for hydroxylation is 1. The van der Waals surface area contributed by atoms with Crippen molar-refractivity contribution < 1.29 is 22.7 Å². The van der Waals surface area contributed by atoms with Crippen LogP contribution < -0.4 is 10.1 Å². The molecule has 4 nitrogen and oxygen atoms in total. The zero-order valence-corrected chi connectivity index (χ0v) is 19.1. The predicted octanol–water partition coefficient (Wildman–Crippen LogP) is 6.30. The van der Waals surface area contributed by atoms with Gasteiger partial charge in [-0.2, -0.15) is 13.2 Å². The number of benzene rings is 1. The van der Waals surface area contributed by atoms with Crippen molar-refractivity contribution in [2.24, 2.45) is 5.92 Å². The summed E-state index contributed by atoms with van der Waals surface area (Å²) in [5, 5.41) is 2.45. The van der Waals surface area contributed by atoms with E-state index in [-0.39, 0.29) is 0 Å². The molecule has 176 valence electrons. The van der Waals surface area contributed by atoms with Crippen molar-refractivity contribution in [3.05, 3.63) is 41.1 Å². The number of amides is 1. The van der Waals surface area contributed by atoms with Crippen LogP contribution >= 0.6 is 0 Å². The van der Waals surface area contributed by atoms with Gasteiger partial charge in [0.05, 0.1) is 19.1 Å². The lowest BCUT2D eigenvalue weighted by Gasteiger charge is -2.25. The predicted molar refractivity (Wildman–Crippen MR) is 120 cm³/mol. The Balaban J connectivity index is 1.99. The van der Waals surface area contributed by atoms with Gasteiger partial charge in [0.1, 0.15) is 5.75 Å². The van der Waals surface area contributed by atoms with E-state index >= 15 is 0 Å². The molecule has 1 heterocycles. The Morgan fingerprint density at radius 1 is 1.19 bits per heavy atom. The van der Waals surface area contributed by atoms with E-state index in [2.05, 4.69) is 16.8 Å². The number of alkyl halides is 3. The number of aromatic nitrogens is 1. The van der Waals surface area contributed by atoms with Crippen LogP contribution in [0.4, 0.5) is 13.2 Å². The summed E-state index contributed by atoms with van der Waals surface area (Å²) in [6, 6.07) is 7.77. The number of nitrogens with one attached hydrogen (secondary N) is 1. The monoisotopic (exact) mass is 450 g/mol. The van der Waals surface area contributed by atoms with Crippen molar-refractivity contribution in [2.45, 2.75) is 71.5 Å². The second-order valence-electron chi connectivity index (χ2n) is 8.64. The van der Waals surface area contributed by atoms with Crippen LogP contribution in [-0.4, -0.2) is 30.3 Å². The minimum Gasteiger partial charge on any atom is -0.497 e. The van der Waals surface area contributed by atoms with Crippen LogP contribution in [0.1, 0.15) is 67.1 Å². The van der Waals surface area contributed by atoms with Gasteiger partial charge < -0.3 is 14.6 Å². The summed E-state index contributed by atoms with van der Waals surface area (Å²) in [7, 11) is 1.62. The maximum atomic E-state index is 12.8. The van der Waals surface area contributed by atoms with Gasteiger partial charge in [0.25, 0.3) is 5.91 Å². The summed E-state index contributed by atoms with van der Waals surface area (Å²) in [6.07, 6.45) is 1.48. The lowest BCUT2D eigenvalue weighted by Crippen LogP contribution is -2.28. The van der Waals surface area contributed by atoms with E-state index < -0.39 is 25.0 Å². The van der Waals surface area contributed by atoms with Crippen LogP contribution in [0.2, 0.25) is 0 Å². The molecule has 1 aliphatic carbocycles. The van der Waals surface area contributed by atoms with Crippen LogP contribution in [0.3, 0.4) is 0 Å². The number of nitrogens with zero attached hydrogens (tertiary/aromatic N) is 1. The number of carbonyl (C=O) groups excluding carboxylic acids is 1. The Morgan fingerprint density at radius 3 is 2.53 bits per heavy atom. The molecule has 1 N–H and O–H groups in total. The molecule has 3 rings (SSSR count). The van der Waals surface area contributed by atoms with E-state index in [0.29, 0.717) is 11.5 Å². The normalized spacial score (nSPS) is 15.1. The number of hydrogen-bond donors (Lipinski definition) is 1. The van der Waals surface area contributed by atoms with Crippen LogP contribution in [0.25, 0.3) is 11.3 Å². The fourth-order valence-electron chi connectivity index (χ4n) is 4.60. The van der Waals surface area contributed by atoms with Crippen molar-refractivity contribution in [3.8, 4) is 17.0 Å². The molecular formula is C25H33F3N2O2. The summed E-state index contributed by atoms with van der Waals surface area (Å²) in [5.41, 5.74) is 4.28. The van der Waals surface area contributed by atoms with Crippen molar-refractivity contribution in [3.63, 3.8) is 0 Å². The first kappa shape index (κ1) is 24.2. The molecule has 1 amide bonds. The Labute approximate surface area is 188 Å². The first-order valence-electron chi connectivity index (χ1n) is 11.5. The average Bonchev–Trinajstić information content (AvgIpc) is 3.09. The molecule has 0 atom stereocenters. The summed E-state index contributed by atoms with van der Waals surface area (Å²) >= 11 is 0. The molecule has 2 aromatic rings. The maximum Gasteiger partial charge on any atom is 0.390 e. The highest BCUT2D eigenvalue weighted by molar-refractivity contribution is 5.97. The largest absolute Gasteiger partial charge is 0.497 e. The first-order chi connectivity index (χ1) is 15.2. The van der Waals surface area contributed by atoms with E-state index in [1.54, 1.807) is 7.11 Å². The summed E-state index contributed by atoms with van der Waals surface area (Å²) < 4.78 is 45.2. The highest BCUT2D eigenvalue weighted by Gasteiger charge is 2.28. The van der Waals surface area contributed by atoms with Gasteiger partial charge in [-0.25, -0.2) is 0 Å². The molecule has 0 aliphatic heterocycles. The molecule has 1 saturated carbocycles. The molecule has 1 aromatic carbocycles. The van der Waals surface area contributed by atoms with Gasteiger partial charge in [0.2, 0.25) is 0 Å². The molecule has 0 bridgehead atoms. The second-order valence-corrected chi connectivity index (χ2v) is 8.64. The van der Waals surface area contributed by atoms with Gasteiger partial charge in [0.15, 0.2) is 0 Å². The Morgan fingerprint density at radius 2 is 1.91 bits per heavy atom. The summed E-state index contributed by atoms with van der Waals surface area (Å²) in [6.45, 7) is 4.34. The molecule has 1 aromatic heterocycles. The van der Waals surface area contributed by atoms with Gasteiger partial charge in [-0.1, -0.05) is 32.3 Å². The number of ether oxygens (including phenoxy) is 1. The highest BCUT2D eigenvalue weighted by atomic mass is 19.4. The molecule has 0 spiro atoms. The van der Waals surface area contributed by atoms with E-state index in [0.717, 1.165) is 54.1 Å². The summed E-state index contributed by atoms with van der Waals surface area (Å²) in [4.78, 5) is 12.8. The lowest BCUT2D eigenvalue weighted by atomic mass is 9.89. The van der Waals surface area contributed by atoms with Gasteiger partial charge in [-0.05, 0) is 55.9 Å². The zero-order chi connectivity index (χ0) is 23.3. The van der Waals surface area contributed by atoms with Crippen LogP contribution in [0, 0.1) is 12.8 Å². The van der Waals surface area contributed by atoms with E-state index in [9.17, 15) is 18.0 Å². The molecular weight excluding hydrogens is 417 g/mol. The third-order valence-electron chi connectivity index (χ3n) is 6.44. The van der Waals surface area contributed by atoms with Crippen LogP contribution in [0.5, 0.6) is 5.75 Å². The molecule has 0 radical (unpaired) electrons. The number of methoxy groups -OCH3 is 1. The fraction of sp³-hybridized carbons (Fsp3) is 0.560. The molecule has 0 saturated heterocycles. The van der Waals surface area contributed by atoms with Crippen molar-refractivity contribution >= 4 is 5.91 Å². The first-order valence-corrected chi connectivity index (χ1v) is 11.5. The van der Waals surface area contributed by atoms with Crippen molar-refractivity contribution in [1.29, 1.82) is 0 Å². The minimum atomic E-state index is -4.29. The molecule has 7 heteroatoms. The second kappa shape index (κ2) is 10.5. The quantitative estimate of drug-likeness (QED) is 0.513. The van der Waals surface area contributed by atoms with E-state index in [4.69, 9.17) is 4.74 Å². The molecule has 32 heavy (non-hydrogen) atoms. The fourth-order valence-corrected chi connectivity index (χ4v) is 4.60. The number of halogens is 3. The van der Waals surface area contributed by atoms with Gasteiger partial charge in [0, 0.05) is 30.0 Å². The topological polar surface area (TPSA) is 43.3 Å². The Kier molecular flexibility index (Phi) is 7.91. The SMILES string of the molecule is CCc1ccc(OC)cc1-c1cc(C(=O)NCCC(F)(F)F)c(C)n1CC1CCCCC1. The third-order valence-corrected chi connectivity index (χ3v) is 6.44. The standard InChI is InChI=1S/C25H33F3N2O2/c1-4-19-10-11-20(32-3)14-22(19)23-15-21(24(31)29-13-12-25(26,27)28)17(2)30(23)16-18-8-6-5-7-9-18/h10-11,14-15,18H,4-9,12-13,16H2,1-3H3,(H,29,31). The third kappa shape index (κ3) is 5.87. The highest BCUT2D eigenvalue weighted by Crippen LogP contribution is 2.34. The van der Waals surface area contributed by atoms with E-state index in [1.165, 1.54) is 19.3 Å². The minimum absolute atomic E-state index is 0.426. The average molecular weight is 451 g/mol. The Hall–Kier alpha value is -2.44. The molecule has 1 aliphatic rings. The summed E-state index contributed by atoms with van der Waals surface area (Å²) in [5.74, 6) is 0.804. The van der Waals surface area contributed by atoms with Gasteiger partial charge in [-0.15, -0.1) is 0 Å². The van der Waals surface area contributed by atoms with Crippen molar-refractivity contribution in [2.75, 3.05) is 13.7 Å².